The van der Waals surface area contributed by atoms with Gasteiger partial charge in [0.25, 0.3) is 0 Å². The Labute approximate surface area is 106 Å². The van der Waals surface area contributed by atoms with E-state index >= 15 is 0 Å². The normalized spacial score (nSPS) is 19.1. The van der Waals surface area contributed by atoms with Gasteiger partial charge in [-0.25, -0.2) is 0 Å². The highest BCUT2D eigenvalue weighted by Crippen LogP contribution is 2.29. The minimum Gasteiger partial charge on any atom is -0.382 e. The van der Waals surface area contributed by atoms with Crippen molar-refractivity contribution in [2.45, 2.75) is 58.1 Å². The van der Waals surface area contributed by atoms with E-state index in [2.05, 4.69) is 26.1 Å². The lowest BCUT2D eigenvalue weighted by Gasteiger charge is -2.28. The van der Waals surface area contributed by atoms with Gasteiger partial charge in [0.1, 0.15) is 0 Å². The number of ether oxygens (including phenoxy) is 2. The van der Waals surface area contributed by atoms with Gasteiger partial charge in [0.15, 0.2) is 0 Å². The molecule has 1 N–H and O–H groups in total. The molecule has 3 nitrogen and oxygen atoms in total. The Morgan fingerprint density at radius 3 is 2.47 bits per heavy atom. The van der Waals surface area contributed by atoms with Crippen LogP contribution in [0, 0.1) is 5.92 Å². The van der Waals surface area contributed by atoms with Crippen molar-refractivity contribution in [3.8, 4) is 0 Å². The highest BCUT2D eigenvalue weighted by atomic mass is 16.5. The molecule has 1 fully saturated rings. The quantitative estimate of drug-likeness (QED) is 0.711. The molecule has 1 aliphatic carbocycles. The molecule has 0 amide bonds. The predicted octanol–water partition coefficient (Wildman–Crippen LogP) is 2.60. The van der Waals surface area contributed by atoms with Crippen molar-refractivity contribution in [3.05, 3.63) is 0 Å². The molecule has 1 saturated carbocycles. The molecule has 3 heteroatoms. The van der Waals surface area contributed by atoms with E-state index in [-0.39, 0.29) is 11.6 Å². The summed E-state index contributed by atoms with van der Waals surface area (Å²) in [5.41, 5.74) is 0.142. The summed E-state index contributed by atoms with van der Waals surface area (Å²) >= 11 is 0. The fourth-order valence-electron chi connectivity index (χ4n) is 1.95. The average Bonchev–Trinajstić information content (AvgIpc) is 2.16. The molecular weight excluding hydrogens is 214 g/mol. The SMILES string of the molecule is COCC(CNC(C)(C)C)OCCC1CCC1. The summed E-state index contributed by atoms with van der Waals surface area (Å²) in [5.74, 6) is 0.925. The molecule has 0 radical (unpaired) electrons. The summed E-state index contributed by atoms with van der Waals surface area (Å²) < 4.78 is 11.1. The van der Waals surface area contributed by atoms with E-state index in [1.807, 2.05) is 0 Å². The van der Waals surface area contributed by atoms with Crippen LogP contribution in [-0.4, -0.2) is 38.5 Å². The Bertz CT molecular complexity index is 197. The van der Waals surface area contributed by atoms with E-state index in [9.17, 15) is 0 Å². The highest BCUT2D eigenvalue weighted by molar-refractivity contribution is 4.74. The van der Waals surface area contributed by atoms with Crippen LogP contribution in [0.15, 0.2) is 0 Å². The fraction of sp³-hybridized carbons (Fsp3) is 1.00. The Kier molecular flexibility index (Phi) is 6.45. The van der Waals surface area contributed by atoms with Crippen molar-refractivity contribution in [1.82, 2.24) is 5.32 Å². The Morgan fingerprint density at radius 2 is 2.00 bits per heavy atom. The van der Waals surface area contributed by atoms with Crippen molar-refractivity contribution in [1.29, 1.82) is 0 Å². The van der Waals surface area contributed by atoms with Gasteiger partial charge >= 0.3 is 0 Å². The molecule has 1 unspecified atom stereocenters. The molecule has 17 heavy (non-hydrogen) atoms. The van der Waals surface area contributed by atoms with Crippen LogP contribution in [0.4, 0.5) is 0 Å². The first-order valence-electron chi connectivity index (χ1n) is 6.87. The van der Waals surface area contributed by atoms with Crippen LogP contribution in [0.5, 0.6) is 0 Å². The lowest BCUT2D eigenvalue weighted by atomic mass is 9.83. The largest absolute Gasteiger partial charge is 0.382 e. The molecule has 0 aliphatic heterocycles. The number of hydrogen-bond donors (Lipinski definition) is 1. The summed E-state index contributed by atoms with van der Waals surface area (Å²) in [6, 6.07) is 0. The summed E-state index contributed by atoms with van der Waals surface area (Å²) in [6.45, 7) is 8.93. The van der Waals surface area contributed by atoms with E-state index in [0.29, 0.717) is 6.61 Å². The fourth-order valence-corrected chi connectivity index (χ4v) is 1.95. The van der Waals surface area contributed by atoms with Crippen LogP contribution in [-0.2, 0) is 9.47 Å². The first-order valence-corrected chi connectivity index (χ1v) is 6.87. The number of rotatable bonds is 8. The minimum absolute atomic E-state index is 0.142. The van der Waals surface area contributed by atoms with Gasteiger partial charge in [-0.2, -0.15) is 0 Å². The zero-order chi connectivity index (χ0) is 12.7. The molecule has 0 saturated heterocycles. The molecule has 0 spiro atoms. The first kappa shape index (κ1) is 14.9. The molecule has 102 valence electrons. The second kappa shape index (κ2) is 7.34. The number of nitrogens with one attached hydrogen (secondary N) is 1. The second-order valence-corrected chi connectivity index (χ2v) is 6.16. The van der Waals surface area contributed by atoms with Crippen molar-refractivity contribution in [2.24, 2.45) is 5.92 Å². The van der Waals surface area contributed by atoms with Crippen molar-refractivity contribution in [2.75, 3.05) is 26.9 Å². The maximum atomic E-state index is 5.90. The molecule has 0 heterocycles. The molecule has 1 rings (SSSR count). The van der Waals surface area contributed by atoms with Crippen LogP contribution >= 0.6 is 0 Å². The third-order valence-electron chi connectivity index (χ3n) is 3.32. The van der Waals surface area contributed by atoms with Crippen molar-refractivity contribution < 1.29 is 9.47 Å². The van der Waals surface area contributed by atoms with E-state index in [4.69, 9.17) is 9.47 Å². The van der Waals surface area contributed by atoms with Gasteiger partial charge in [0.2, 0.25) is 0 Å². The monoisotopic (exact) mass is 243 g/mol. The van der Waals surface area contributed by atoms with Gasteiger partial charge in [-0.05, 0) is 33.1 Å². The number of methoxy groups -OCH3 is 1. The van der Waals surface area contributed by atoms with E-state index in [0.717, 1.165) is 19.1 Å². The third kappa shape index (κ3) is 7.02. The van der Waals surface area contributed by atoms with Gasteiger partial charge in [-0.15, -0.1) is 0 Å². The van der Waals surface area contributed by atoms with Gasteiger partial charge in [-0.1, -0.05) is 19.3 Å². The molecule has 1 atom stereocenters. The maximum Gasteiger partial charge on any atom is 0.0932 e. The molecular formula is C14H29NO2. The standard InChI is InChI=1S/C14H29NO2/c1-14(2,3)15-10-13(11-16-4)17-9-8-12-6-5-7-12/h12-13,15H,5-11H2,1-4H3. The van der Waals surface area contributed by atoms with Gasteiger partial charge in [0.05, 0.1) is 12.7 Å². The van der Waals surface area contributed by atoms with Gasteiger partial charge < -0.3 is 14.8 Å². The Morgan fingerprint density at radius 1 is 1.29 bits per heavy atom. The zero-order valence-corrected chi connectivity index (χ0v) is 11.9. The summed E-state index contributed by atoms with van der Waals surface area (Å²) in [7, 11) is 1.74. The van der Waals surface area contributed by atoms with E-state index < -0.39 is 0 Å². The van der Waals surface area contributed by atoms with Crippen LogP contribution in [0.3, 0.4) is 0 Å². The lowest BCUT2D eigenvalue weighted by molar-refractivity contribution is -0.0117. The van der Waals surface area contributed by atoms with Gasteiger partial charge in [-0.3, -0.25) is 0 Å². The van der Waals surface area contributed by atoms with Crippen LogP contribution in [0.2, 0.25) is 0 Å². The smallest absolute Gasteiger partial charge is 0.0932 e. The highest BCUT2D eigenvalue weighted by Gasteiger charge is 2.19. The first-order chi connectivity index (χ1) is 8.01. The zero-order valence-electron chi connectivity index (χ0n) is 11.9. The van der Waals surface area contributed by atoms with Crippen LogP contribution < -0.4 is 5.32 Å². The molecule has 0 aromatic rings. The summed E-state index contributed by atoms with van der Waals surface area (Å²) in [5, 5.41) is 3.47. The predicted molar refractivity (Wildman–Crippen MR) is 71.3 cm³/mol. The Hall–Kier alpha value is -0.120. The molecule has 0 aromatic heterocycles. The maximum absolute atomic E-state index is 5.90. The van der Waals surface area contributed by atoms with Crippen molar-refractivity contribution in [3.63, 3.8) is 0 Å². The Balaban J connectivity index is 2.12. The molecule has 0 bridgehead atoms. The van der Waals surface area contributed by atoms with E-state index in [1.54, 1.807) is 7.11 Å². The minimum atomic E-state index is 0.142. The average molecular weight is 243 g/mol. The summed E-state index contributed by atoms with van der Waals surface area (Å²) in [4.78, 5) is 0. The lowest BCUT2D eigenvalue weighted by Crippen LogP contribution is -2.43. The molecule has 1 aliphatic rings. The topological polar surface area (TPSA) is 30.5 Å². The van der Waals surface area contributed by atoms with E-state index in [1.165, 1.54) is 25.7 Å². The van der Waals surface area contributed by atoms with Crippen molar-refractivity contribution >= 4 is 0 Å². The summed E-state index contributed by atoms with van der Waals surface area (Å²) in [6.07, 6.45) is 5.61. The van der Waals surface area contributed by atoms with Crippen LogP contribution in [0.25, 0.3) is 0 Å². The third-order valence-corrected chi connectivity index (χ3v) is 3.32. The van der Waals surface area contributed by atoms with Gasteiger partial charge in [0, 0.05) is 25.8 Å². The second-order valence-electron chi connectivity index (χ2n) is 6.16. The number of hydrogen-bond acceptors (Lipinski definition) is 3. The molecule has 0 aromatic carbocycles. The van der Waals surface area contributed by atoms with Crippen LogP contribution in [0.1, 0.15) is 46.5 Å².